The van der Waals surface area contributed by atoms with Gasteiger partial charge >= 0.3 is 0 Å². The standard InChI is InChI=1S/C22H20N2O2/c1-24(16-17-9-4-2-5-10-17)22(26)19-12-8-11-18(15-19)21(25)23-20-13-6-3-7-14-20/h2-15H,16H2,1H3,(H,23,25). The van der Waals surface area contributed by atoms with Crippen molar-refractivity contribution < 1.29 is 9.59 Å². The summed E-state index contributed by atoms with van der Waals surface area (Å²) in [7, 11) is 1.76. The normalized spacial score (nSPS) is 10.2. The molecule has 0 aliphatic carbocycles. The van der Waals surface area contributed by atoms with Crippen molar-refractivity contribution in [3.8, 4) is 0 Å². The lowest BCUT2D eigenvalue weighted by atomic mass is 10.1. The van der Waals surface area contributed by atoms with E-state index in [0.29, 0.717) is 17.7 Å². The number of benzene rings is 3. The van der Waals surface area contributed by atoms with Gasteiger partial charge in [-0.3, -0.25) is 9.59 Å². The largest absolute Gasteiger partial charge is 0.337 e. The second kappa shape index (κ2) is 8.12. The van der Waals surface area contributed by atoms with Crippen LogP contribution in [0.4, 0.5) is 5.69 Å². The Hall–Kier alpha value is -3.40. The van der Waals surface area contributed by atoms with Gasteiger partial charge in [-0.25, -0.2) is 0 Å². The highest BCUT2D eigenvalue weighted by atomic mass is 16.2. The summed E-state index contributed by atoms with van der Waals surface area (Å²) < 4.78 is 0. The Bertz CT molecular complexity index is 892. The van der Waals surface area contributed by atoms with E-state index in [2.05, 4.69) is 5.32 Å². The number of nitrogens with one attached hydrogen (secondary N) is 1. The van der Waals surface area contributed by atoms with E-state index in [9.17, 15) is 9.59 Å². The Morgan fingerprint density at radius 2 is 1.42 bits per heavy atom. The van der Waals surface area contributed by atoms with Gasteiger partial charge in [0.25, 0.3) is 11.8 Å². The van der Waals surface area contributed by atoms with Crippen molar-refractivity contribution in [3.05, 3.63) is 102 Å². The van der Waals surface area contributed by atoms with Gasteiger partial charge in [0, 0.05) is 30.4 Å². The number of anilines is 1. The third-order valence-electron chi connectivity index (χ3n) is 4.01. The molecule has 0 aromatic heterocycles. The van der Waals surface area contributed by atoms with Gasteiger partial charge in [0.1, 0.15) is 0 Å². The highest BCUT2D eigenvalue weighted by molar-refractivity contribution is 6.06. The van der Waals surface area contributed by atoms with E-state index in [1.165, 1.54) is 0 Å². The molecule has 3 aromatic rings. The van der Waals surface area contributed by atoms with Gasteiger partial charge in [-0.05, 0) is 35.9 Å². The molecule has 0 heterocycles. The van der Waals surface area contributed by atoms with Crippen molar-refractivity contribution in [3.63, 3.8) is 0 Å². The van der Waals surface area contributed by atoms with E-state index < -0.39 is 0 Å². The molecular weight excluding hydrogens is 324 g/mol. The van der Waals surface area contributed by atoms with E-state index in [4.69, 9.17) is 0 Å². The molecule has 0 radical (unpaired) electrons. The van der Waals surface area contributed by atoms with Gasteiger partial charge in [0.2, 0.25) is 0 Å². The van der Waals surface area contributed by atoms with Crippen LogP contribution in [0.2, 0.25) is 0 Å². The Labute approximate surface area is 153 Å². The van der Waals surface area contributed by atoms with Gasteiger partial charge in [0.15, 0.2) is 0 Å². The molecular formula is C22H20N2O2. The van der Waals surface area contributed by atoms with Crippen molar-refractivity contribution in [2.45, 2.75) is 6.54 Å². The summed E-state index contributed by atoms with van der Waals surface area (Å²) in [6, 6.07) is 25.8. The van der Waals surface area contributed by atoms with Crippen LogP contribution in [-0.4, -0.2) is 23.8 Å². The van der Waals surface area contributed by atoms with Crippen LogP contribution in [0.25, 0.3) is 0 Å². The number of rotatable bonds is 5. The van der Waals surface area contributed by atoms with Crippen LogP contribution in [0.1, 0.15) is 26.3 Å². The number of hydrogen-bond donors (Lipinski definition) is 1. The maximum atomic E-state index is 12.7. The molecule has 4 heteroatoms. The predicted molar refractivity (Wildman–Crippen MR) is 103 cm³/mol. The van der Waals surface area contributed by atoms with Crippen molar-refractivity contribution >= 4 is 17.5 Å². The number of para-hydroxylation sites is 1. The first kappa shape index (κ1) is 17.4. The fourth-order valence-electron chi connectivity index (χ4n) is 2.67. The summed E-state index contributed by atoms with van der Waals surface area (Å²) in [5, 5.41) is 2.83. The zero-order chi connectivity index (χ0) is 18.4. The summed E-state index contributed by atoms with van der Waals surface area (Å²) in [5.74, 6) is -0.361. The Morgan fingerprint density at radius 3 is 2.12 bits per heavy atom. The minimum atomic E-state index is -0.239. The molecule has 0 saturated carbocycles. The monoisotopic (exact) mass is 344 g/mol. The zero-order valence-corrected chi connectivity index (χ0v) is 14.6. The molecule has 3 rings (SSSR count). The maximum Gasteiger partial charge on any atom is 0.255 e. The number of hydrogen-bond acceptors (Lipinski definition) is 2. The molecule has 1 N–H and O–H groups in total. The molecule has 0 aliphatic rings. The molecule has 0 aliphatic heterocycles. The molecule has 4 nitrogen and oxygen atoms in total. The average Bonchev–Trinajstić information content (AvgIpc) is 2.69. The molecule has 26 heavy (non-hydrogen) atoms. The van der Waals surface area contributed by atoms with Crippen LogP contribution in [0.5, 0.6) is 0 Å². The van der Waals surface area contributed by atoms with Crippen LogP contribution in [0.15, 0.2) is 84.9 Å². The van der Waals surface area contributed by atoms with Crippen molar-refractivity contribution in [1.82, 2.24) is 4.90 Å². The molecule has 2 amide bonds. The van der Waals surface area contributed by atoms with Crippen molar-refractivity contribution in [1.29, 1.82) is 0 Å². The lowest BCUT2D eigenvalue weighted by Crippen LogP contribution is -2.26. The number of amides is 2. The summed E-state index contributed by atoms with van der Waals surface area (Å²) in [6.07, 6.45) is 0. The molecule has 0 unspecified atom stereocenters. The zero-order valence-electron chi connectivity index (χ0n) is 14.6. The minimum absolute atomic E-state index is 0.122. The van der Waals surface area contributed by atoms with Gasteiger partial charge in [-0.2, -0.15) is 0 Å². The molecule has 130 valence electrons. The van der Waals surface area contributed by atoms with Crippen LogP contribution in [0, 0.1) is 0 Å². The number of carbonyl (C=O) groups excluding carboxylic acids is 2. The third kappa shape index (κ3) is 4.36. The fourth-order valence-corrected chi connectivity index (χ4v) is 2.67. The smallest absolute Gasteiger partial charge is 0.255 e. The van der Waals surface area contributed by atoms with E-state index >= 15 is 0 Å². The highest BCUT2D eigenvalue weighted by Crippen LogP contribution is 2.13. The fraction of sp³-hybridized carbons (Fsp3) is 0.0909. The summed E-state index contributed by atoms with van der Waals surface area (Å²) in [5.41, 5.74) is 2.72. The van der Waals surface area contributed by atoms with Crippen LogP contribution in [0.3, 0.4) is 0 Å². The quantitative estimate of drug-likeness (QED) is 0.754. The molecule has 3 aromatic carbocycles. The lowest BCUT2D eigenvalue weighted by Gasteiger charge is -2.17. The van der Waals surface area contributed by atoms with E-state index in [1.54, 1.807) is 36.2 Å². The topological polar surface area (TPSA) is 49.4 Å². The molecule has 0 atom stereocenters. The SMILES string of the molecule is CN(Cc1ccccc1)C(=O)c1cccc(C(=O)Nc2ccccc2)c1. The predicted octanol–water partition coefficient (Wildman–Crippen LogP) is 4.21. The van der Waals surface area contributed by atoms with Crippen LogP contribution < -0.4 is 5.32 Å². The van der Waals surface area contributed by atoms with Gasteiger partial charge in [-0.15, -0.1) is 0 Å². The first-order valence-corrected chi connectivity index (χ1v) is 8.39. The van der Waals surface area contributed by atoms with Gasteiger partial charge < -0.3 is 10.2 Å². The third-order valence-corrected chi connectivity index (χ3v) is 4.01. The van der Waals surface area contributed by atoms with Crippen molar-refractivity contribution in [2.75, 3.05) is 12.4 Å². The first-order chi connectivity index (χ1) is 12.6. The highest BCUT2D eigenvalue weighted by Gasteiger charge is 2.14. The van der Waals surface area contributed by atoms with Gasteiger partial charge in [-0.1, -0.05) is 54.6 Å². The second-order valence-electron chi connectivity index (χ2n) is 6.05. The first-order valence-electron chi connectivity index (χ1n) is 8.39. The summed E-state index contributed by atoms with van der Waals surface area (Å²) in [4.78, 5) is 26.7. The van der Waals surface area contributed by atoms with E-state index in [0.717, 1.165) is 11.3 Å². The number of nitrogens with zero attached hydrogens (tertiary/aromatic N) is 1. The van der Waals surface area contributed by atoms with Crippen LogP contribution >= 0.6 is 0 Å². The van der Waals surface area contributed by atoms with Gasteiger partial charge in [0.05, 0.1) is 0 Å². The maximum absolute atomic E-state index is 12.7. The Balaban J connectivity index is 1.71. The molecule has 0 saturated heterocycles. The Kier molecular flexibility index (Phi) is 5.44. The second-order valence-corrected chi connectivity index (χ2v) is 6.05. The molecule has 0 bridgehead atoms. The summed E-state index contributed by atoms with van der Waals surface area (Å²) in [6.45, 7) is 0.514. The molecule has 0 spiro atoms. The van der Waals surface area contributed by atoms with Crippen molar-refractivity contribution in [2.24, 2.45) is 0 Å². The number of carbonyl (C=O) groups is 2. The lowest BCUT2D eigenvalue weighted by molar-refractivity contribution is 0.0785. The Morgan fingerprint density at radius 1 is 0.808 bits per heavy atom. The van der Waals surface area contributed by atoms with Crippen LogP contribution in [-0.2, 0) is 6.54 Å². The summed E-state index contributed by atoms with van der Waals surface area (Å²) >= 11 is 0. The minimum Gasteiger partial charge on any atom is -0.337 e. The molecule has 0 fully saturated rings. The van der Waals surface area contributed by atoms with E-state index in [-0.39, 0.29) is 11.8 Å². The average molecular weight is 344 g/mol. The van der Waals surface area contributed by atoms with E-state index in [1.807, 2.05) is 60.7 Å².